The van der Waals surface area contributed by atoms with E-state index in [-0.39, 0.29) is 5.11 Å². The molecule has 0 fully saturated rings. The molecule has 2 heterocycles. The maximum absolute atomic E-state index is 5.54. The Morgan fingerprint density at radius 3 is 2.23 bits per heavy atom. The van der Waals surface area contributed by atoms with E-state index in [1.165, 1.54) is 0 Å². The van der Waals surface area contributed by atoms with Crippen LogP contribution in [0.25, 0.3) is 21.8 Å². The molecule has 0 spiro atoms. The van der Waals surface area contributed by atoms with E-state index in [4.69, 9.17) is 18.0 Å². The van der Waals surface area contributed by atoms with Crippen LogP contribution in [0, 0.1) is 0 Å². The van der Waals surface area contributed by atoms with Gasteiger partial charge in [0, 0.05) is 23.2 Å². The van der Waals surface area contributed by atoms with Gasteiger partial charge in [-0.25, -0.2) is 0 Å². The first-order valence-corrected chi connectivity index (χ1v) is 7.85. The maximum atomic E-state index is 5.54. The predicted octanol–water partition coefficient (Wildman–Crippen LogP) is 4.49. The Hall–Kier alpha value is -2.27. The lowest BCUT2D eigenvalue weighted by atomic mass is 10.1. The fourth-order valence-electron chi connectivity index (χ4n) is 2.01. The Bertz CT molecular complexity index is 756. The van der Waals surface area contributed by atoms with Crippen molar-refractivity contribution in [3.63, 3.8) is 0 Å². The minimum absolute atomic E-state index is 0.239. The second-order valence-electron chi connectivity index (χ2n) is 3.89. The van der Waals surface area contributed by atoms with Crippen molar-refractivity contribution < 1.29 is 0 Å². The molecule has 3 aromatic rings. The zero-order valence-electron chi connectivity index (χ0n) is 13.4. The molecular weight excluding hydrogens is 292 g/mol. The second-order valence-corrected chi connectivity index (χ2v) is 4.33. The molecule has 5 heteroatoms. The number of benzene rings is 1. The van der Waals surface area contributed by atoms with Gasteiger partial charge in [-0.3, -0.25) is 9.97 Å². The molecule has 0 saturated heterocycles. The van der Waals surface area contributed by atoms with Crippen molar-refractivity contribution in [2.45, 2.75) is 27.7 Å². The van der Waals surface area contributed by atoms with Crippen molar-refractivity contribution in [3.05, 3.63) is 42.7 Å². The lowest BCUT2D eigenvalue weighted by Gasteiger charge is -2.09. The summed E-state index contributed by atoms with van der Waals surface area (Å²) in [5, 5.41) is 5.18. The number of anilines is 1. The quantitative estimate of drug-likeness (QED) is 0.512. The number of nitrogens with one attached hydrogen (secondary N) is 1. The summed E-state index contributed by atoms with van der Waals surface area (Å²) >= 11 is 4.89. The number of rotatable bonds is 1. The minimum atomic E-state index is 0.239. The van der Waals surface area contributed by atoms with Gasteiger partial charge in [-0.1, -0.05) is 33.8 Å². The molecule has 0 unspecified atom stereocenters. The summed E-state index contributed by atoms with van der Waals surface area (Å²) in [6.45, 7) is 8.00. The summed E-state index contributed by atoms with van der Waals surface area (Å²) in [6.07, 6.45) is 3.51. The zero-order valence-corrected chi connectivity index (χ0v) is 14.2. The van der Waals surface area contributed by atoms with E-state index >= 15 is 0 Å². The molecule has 2 aromatic heterocycles. The van der Waals surface area contributed by atoms with Gasteiger partial charge in [-0.05, 0) is 36.5 Å². The molecule has 116 valence electrons. The number of nitrogens with zero attached hydrogens (tertiary/aromatic N) is 2. The number of pyridine rings is 2. The SMILES string of the molecule is CC.CC.NC(=S)Nc1cc2cccnc2c2ncccc12. The normalized spacial score (nSPS) is 9.27. The fourth-order valence-corrected chi connectivity index (χ4v) is 2.12. The van der Waals surface area contributed by atoms with Gasteiger partial charge in [-0.15, -0.1) is 0 Å². The molecule has 22 heavy (non-hydrogen) atoms. The maximum Gasteiger partial charge on any atom is 0.168 e. The van der Waals surface area contributed by atoms with Crippen molar-refractivity contribution in [3.8, 4) is 0 Å². The monoisotopic (exact) mass is 314 g/mol. The van der Waals surface area contributed by atoms with Crippen molar-refractivity contribution >= 4 is 44.8 Å². The van der Waals surface area contributed by atoms with Crippen LogP contribution in [0.2, 0.25) is 0 Å². The van der Waals surface area contributed by atoms with Crippen LogP contribution in [-0.4, -0.2) is 15.1 Å². The minimum Gasteiger partial charge on any atom is -0.376 e. The molecule has 0 radical (unpaired) electrons. The highest BCUT2D eigenvalue weighted by atomic mass is 32.1. The Kier molecular flexibility index (Phi) is 7.19. The van der Waals surface area contributed by atoms with Crippen molar-refractivity contribution in [1.29, 1.82) is 0 Å². The molecule has 0 aliphatic carbocycles. The van der Waals surface area contributed by atoms with E-state index in [2.05, 4.69) is 15.3 Å². The highest BCUT2D eigenvalue weighted by molar-refractivity contribution is 7.80. The number of hydrogen-bond acceptors (Lipinski definition) is 3. The second kappa shape index (κ2) is 8.89. The molecule has 0 saturated carbocycles. The van der Waals surface area contributed by atoms with Gasteiger partial charge >= 0.3 is 0 Å². The van der Waals surface area contributed by atoms with E-state index < -0.39 is 0 Å². The van der Waals surface area contributed by atoms with E-state index in [0.717, 1.165) is 27.5 Å². The molecule has 1 aromatic carbocycles. The Morgan fingerprint density at radius 2 is 1.59 bits per heavy atom. The van der Waals surface area contributed by atoms with Crippen LogP contribution in [-0.2, 0) is 0 Å². The number of hydrogen-bond donors (Lipinski definition) is 2. The third-order valence-corrected chi connectivity index (χ3v) is 2.82. The van der Waals surface area contributed by atoms with Gasteiger partial charge in [0.15, 0.2) is 5.11 Å². The summed E-state index contributed by atoms with van der Waals surface area (Å²) in [4.78, 5) is 8.77. The average molecular weight is 314 g/mol. The van der Waals surface area contributed by atoms with Crippen molar-refractivity contribution in [1.82, 2.24) is 9.97 Å². The third kappa shape index (κ3) is 3.89. The fraction of sp³-hybridized carbons (Fsp3) is 0.235. The van der Waals surface area contributed by atoms with Crippen LogP contribution >= 0.6 is 12.2 Å². The molecule has 0 atom stereocenters. The first kappa shape index (κ1) is 17.8. The molecule has 3 N–H and O–H groups in total. The van der Waals surface area contributed by atoms with Gasteiger partial charge in [-0.2, -0.15) is 0 Å². The van der Waals surface area contributed by atoms with E-state index in [9.17, 15) is 0 Å². The highest BCUT2D eigenvalue weighted by Crippen LogP contribution is 2.28. The molecule has 0 aliphatic rings. The molecular formula is C17H22N4S. The Morgan fingerprint density at radius 1 is 1.00 bits per heavy atom. The Labute approximate surface area is 136 Å². The average Bonchev–Trinajstić information content (AvgIpc) is 2.58. The van der Waals surface area contributed by atoms with E-state index in [1.54, 1.807) is 12.4 Å². The van der Waals surface area contributed by atoms with Gasteiger partial charge in [0.1, 0.15) is 0 Å². The molecule has 0 bridgehead atoms. The van der Waals surface area contributed by atoms with E-state index in [0.29, 0.717) is 0 Å². The van der Waals surface area contributed by atoms with Crippen LogP contribution in [0.15, 0.2) is 42.7 Å². The number of fused-ring (bicyclic) bond motifs is 3. The first-order chi connectivity index (χ1) is 10.8. The Balaban J connectivity index is 0.000000561. The molecule has 0 amide bonds. The van der Waals surface area contributed by atoms with Crippen LogP contribution in [0.1, 0.15) is 27.7 Å². The van der Waals surface area contributed by atoms with Gasteiger partial charge < -0.3 is 11.1 Å². The van der Waals surface area contributed by atoms with E-state index in [1.807, 2.05) is 58.0 Å². The number of thiocarbonyl (C=S) groups is 1. The molecule has 3 rings (SSSR count). The standard InChI is InChI=1S/C13H10N4S.2C2H6/c14-13(18)17-10-7-8-3-1-5-15-11(8)12-9(10)4-2-6-16-12;2*1-2/h1-7H,(H3,14,17,18);2*1-2H3. The predicted molar refractivity (Wildman–Crippen MR) is 100 cm³/mol. The lowest BCUT2D eigenvalue weighted by molar-refractivity contribution is 1.37. The van der Waals surface area contributed by atoms with Crippen LogP contribution < -0.4 is 11.1 Å². The van der Waals surface area contributed by atoms with Gasteiger partial charge in [0.05, 0.1) is 16.7 Å². The highest BCUT2D eigenvalue weighted by Gasteiger charge is 2.08. The topological polar surface area (TPSA) is 63.8 Å². The molecule has 4 nitrogen and oxygen atoms in total. The van der Waals surface area contributed by atoms with Crippen molar-refractivity contribution in [2.24, 2.45) is 5.73 Å². The smallest absolute Gasteiger partial charge is 0.168 e. The summed E-state index contributed by atoms with van der Waals surface area (Å²) in [5.41, 5.74) is 8.12. The summed E-state index contributed by atoms with van der Waals surface area (Å²) in [5.74, 6) is 0. The largest absolute Gasteiger partial charge is 0.376 e. The lowest BCUT2D eigenvalue weighted by Crippen LogP contribution is -2.19. The summed E-state index contributed by atoms with van der Waals surface area (Å²) in [7, 11) is 0. The van der Waals surface area contributed by atoms with Crippen LogP contribution in [0.3, 0.4) is 0 Å². The van der Waals surface area contributed by atoms with Crippen LogP contribution in [0.4, 0.5) is 5.69 Å². The van der Waals surface area contributed by atoms with Crippen molar-refractivity contribution in [2.75, 3.05) is 5.32 Å². The zero-order chi connectivity index (χ0) is 16.5. The van der Waals surface area contributed by atoms with Gasteiger partial charge in [0.2, 0.25) is 0 Å². The summed E-state index contributed by atoms with van der Waals surface area (Å²) in [6, 6.07) is 9.70. The van der Waals surface area contributed by atoms with Gasteiger partial charge in [0.25, 0.3) is 0 Å². The molecule has 0 aliphatic heterocycles. The summed E-state index contributed by atoms with van der Waals surface area (Å²) < 4.78 is 0. The number of nitrogens with two attached hydrogens (primary N) is 1. The third-order valence-electron chi connectivity index (χ3n) is 2.72. The van der Waals surface area contributed by atoms with Crippen LogP contribution in [0.5, 0.6) is 0 Å². The number of aromatic nitrogens is 2. The first-order valence-electron chi connectivity index (χ1n) is 7.44.